The van der Waals surface area contributed by atoms with Gasteiger partial charge in [-0.25, -0.2) is 9.37 Å². The average molecular weight is 279 g/mol. The number of carbonyl (C=O) groups is 1. The van der Waals surface area contributed by atoms with Crippen LogP contribution >= 0.6 is 0 Å². The minimum absolute atomic E-state index is 0.123. The van der Waals surface area contributed by atoms with Gasteiger partial charge in [-0.2, -0.15) is 0 Å². The summed E-state index contributed by atoms with van der Waals surface area (Å²) in [5.41, 5.74) is 0.334. The largest absolute Gasteiger partial charge is 0.370 e. The number of aromatic nitrogens is 1. The van der Waals surface area contributed by atoms with E-state index in [9.17, 15) is 9.18 Å². The van der Waals surface area contributed by atoms with E-state index >= 15 is 0 Å². The predicted molar refractivity (Wildman–Crippen MR) is 77.3 cm³/mol. The number of pyridine rings is 1. The Labute approximate surface area is 119 Å². The number of hydrogen-bond acceptors (Lipinski definition) is 3. The SMILES string of the molecule is CCCN(CC1CC1)C(=O)c1cc(F)cnc1NCC. The van der Waals surface area contributed by atoms with Crippen molar-refractivity contribution >= 4 is 11.7 Å². The third-order valence-electron chi connectivity index (χ3n) is 3.39. The third kappa shape index (κ3) is 3.68. The van der Waals surface area contributed by atoms with Crippen molar-refractivity contribution in [3.05, 3.63) is 23.6 Å². The highest BCUT2D eigenvalue weighted by Gasteiger charge is 2.28. The van der Waals surface area contributed by atoms with Crippen molar-refractivity contribution in [2.45, 2.75) is 33.1 Å². The Morgan fingerprint density at radius 2 is 2.25 bits per heavy atom. The van der Waals surface area contributed by atoms with Crippen LogP contribution in [0.5, 0.6) is 0 Å². The van der Waals surface area contributed by atoms with Crippen LogP contribution < -0.4 is 5.32 Å². The summed E-state index contributed by atoms with van der Waals surface area (Å²) >= 11 is 0. The van der Waals surface area contributed by atoms with Crippen molar-refractivity contribution in [3.8, 4) is 0 Å². The van der Waals surface area contributed by atoms with Crippen molar-refractivity contribution in [2.75, 3.05) is 25.0 Å². The number of carbonyl (C=O) groups excluding carboxylic acids is 1. The summed E-state index contributed by atoms with van der Waals surface area (Å²) in [4.78, 5) is 18.4. The van der Waals surface area contributed by atoms with Crippen molar-refractivity contribution in [1.29, 1.82) is 0 Å². The van der Waals surface area contributed by atoms with Crippen LogP contribution in [0.25, 0.3) is 0 Å². The maximum atomic E-state index is 13.4. The summed E-state index contributed by atoms with van der Waals surface area (Å²) in [6.07, 6.45) is 4.42. The minimum Gasteiger partial charge on any atom is -0.370 e. The van der Waals surface area contributed by atoms with Gasteiger partial charge >= 0.3 is 0 Å². The second-order valence-corrected chi connectivity index (χ2v) is 5.27. The van der Waals surface area contributed by atoms with E-state index in [0.29, 0.717) is 30.4 Å². The molecule has 5 heteroatoms. The van der Waals surface area contributed by atoms with Crippen molar-refractivity contribution < 1.29 is 9.18 Å². The Morgan fingerprint density at radius 3 is 2.85 bits per heavy atom. The molecule has 1 amide bonds. The standard InChI is InChI=1S/C15H22FN3O/c1-3-7-19(10-11-5-6-11)15(20)13-8-12(16)9-18-14(13)17-4-2/h8-9,11H,3-7,10H2,1-2H3,(H,17,18). The zero-order chi connectivity index (χ0) is 14.5. The van der Waals surface area contributed by atoms with E-state index in [0.717, 1.165) is 19.2 Å². The quantitative estimate of drug-likeness (QED) is 0.834. The van der Waals surface area contributed by atoms with Crippen LogP contribution in [0.1, 0.15) is 43.5 Å². The Bertz CT molecular complexity index is 474. The number of nitrogens with one attached hydrogen (secondary N) is 1. The van der Waals surface area contributed by atoms with Crippen LogP contribution in [0.2, 0.25) is 0 Å². The van der Waals surface area contributed by atoms with Gasteiger partial charge in [0.2, 0.25) is 0 Å². The molecule has 0 radical (unpaired) electrons. The fraction of sp³-hybridized carbons (Fsp3) is 0.600. The normalized spacial score (nSPS) is 14.2. The fourth-order valence-corrected chi connectivity index (χ4v) is 2.24. The number of halogens is 1. The van der Waals surface area contributed by atoms with Gasteiger partial charge in [-0.05, 0) is 38.2 Å². The molecule has 0 aromatic carbocycles. The van der Waals surface area contributed by atoms with Gasteiger partial charge in [-0.1, -0.05) is 6.92 Å². The molecule has 1 fully saturated rings. The topological polar surface area (TPSA) is 45.2 Å². The van der Waals surface area contributed by atoms with Gasteiger partial charge in [0.1, 0.15) is 11.6 Å². The second kappa shape index (κ2) is 6.68. The van der Waals surface area contributed by atoms with Gasteiger partial charge in [-0.3, -0.25) is 4.79 Å². The molecule has 1 heterocycles. The number of amides is 1. The van der Waals surface area contributed by atoms with Crippen LogP contribution in [-0.2, 0) is 0 Å². The van der Waals surface area contributed by atoms with Crippen molar-refractivity contribution in [3.63, 3.8) is 0 Å². The average Bonchev–Trinajstić information content (AvgIpc) is 3.24. The summed E-state index contributed by atoms with van der Waals surface area (Å²) in [6.45, 7) is 6.09. The highest BCUT2D eigenvalue weighted by Crippen LogP contribution is 2.30. The summed E-state index contributed by atoms with van der Waals surface area (Å²) in [5, 5.41) is 3.02. The zero-order valence-electron chi connectivity index (χ0n) is 12.2. The van der Waals surface area contributed by atoms with Gasteiger partial charge in [0.05, 0.1) is 11.8 Å². The molecule has 0 bridgehead atoms. The molecule has 1 N–H and O–H groups in total. The molecular formula is C15H22FN3O. The second-order valence-electron chi connectivity index (χ2n) is 5.27. The van der Waals surface area contributed by atoms with Crippen molar-refractivity contribution in [2.24, 2.45) is 5.92 Å². The van der Waals surface area contributed by atoms with Gasteiger partial charge in [0.25, 0.3) is 5.91 Å². The fourth-order valence-electron chi connectivity index (χ4n) is 2.24. The van der Waals surface area contributed by atoms with Crippen LogP contribution in [0.3, 0.4) is 0 Å². The number of rotatable bonds is 7. The molecule has 1 saturated carbocycles. The smallest absolute Gasteiger partial charge is 0.257 e. The lowest BCUT2D eigenvalue weighted by molar-refractivity contribution is 0.0748. The van der Waals surface area contributed by atoms with E-state index in [-0.39, 0.29) is 5.91 Å². The monoisotopic (exact) mass is 279 g/mol. The van der Waals surface area contributed by atoms with Crippen LogP contribution in [0, 0.1) is 11.7 Å². The molecule has 0 atom stereocenters. The van der Waals surface area contributed by atoms with E-state index in [1.54, 1.807) is 0 Å². The Balaban J connectivity index is 2.21. The lowest BCUT2D eigenvalue weighted by Gasteiger charge is -2.23. The maximum absolute atomic E-state index is 13.4. The molecule has 0 unspecified atom stereocenters. The molecule has 0 saturated heterocycles. The van der Waals surface area contributed by atoms with E-state index in [4.69, 9.17) is 0 Å². The molecule has 1 aliphatic carbocycles. The van der Waals surface area contributed by atoms with Crippen molar-refractivity contribution in [1.82, 2.24) is 9.88 Å². The van der Waals surface area contributed by atoms with Gasteiger partial charge in [0.15, 0.2) is 0 Å². The highest BCUT2D eigenvalue weighted by atomic mass is 19.1. The van der Waals surface area contributed by atoms with E-state index in [2.05, 4.69) is 10.3 Å². The lowest BCUT2D eigenvalue weighted by atomic mass is 10.2. The lowest BCUT2D eigenvalue weighted by Crippen LogP contribution is -2.34. The van der Waals surface area contributed by atoms with Gasteiger partial charge in [-0.15, -0.1) is 0 Å². The summed E-state index contributed by atoms with van der Waals surface area (Å²) in [6, 6.07) is 1.28. The highest BCUT2D eigenvalue weighted by molar-refractivity contribution is 5.98. The molecule has 2 rings (SSSR count). The van der Waals surface area contributed by atoms with E-state index in [1.165, 1.54) is 18.9 Å². The first-order valence-electron chi connectivity index (χ1n) is 7.34. The molecule has 0 spiro atoms. The minimum atomic E-state index is -0.474. The van der Waals surface area contributed by atoms with E-state index < -0.39 is 5.82 Å². The van der Waals surface area contributed by atoms with Gasteiger partial charge in [0, 0.05) is 19.6 Å². The molecule has 0 aliphatic heterocycles. The van der Waals surface area contributed by atoms with E-state index in [1.807, 2.05) is 18.7 Å². The third-order valence-corrected chi connectivity index (χ3v) is 3.39. The molecule has 1 aromatic heterocycles. The van der Waals surface area contributed by atoms with Crippen LogP contribution in [0.15, 0.2) is 12.3 Å². The molecule has 20 heavy (non-hydrogen) atoms. The Hall–Kier alpha value is -1.65. The molecule has 110 valence electrons. The summed E-state index contributed by atoms with van der Waals surface area (Å²) in [5.74, 6) is 0.491. The first kappa shape index (κ1) is 14.8. The molecule has 1 aliphatic rings. The number of nitrogens with zero attached hydrogens (tertiary/aromatic N) is 2. The first-order valence-corrected chi connectivity index (χ1v) is 7.34. The Morgan fingerprint density at radius 1 is 1.50 bits per heavy atom. The predicted octanol–water partition coefficient (Wildman–Crippen LogP) is 2.91. The first-order chi connectivity index (χ1) is 9.65. The molecular weight excluding hydrogens is 257 g/mol. The summed E-state index contributed by atoms with van der Waals surface area (Å²) < 4.78 is 13.4. The number of hydrogen-bond donors (Lipinski definition) is 1. The Kier molecular flexibility index (Phi) is 4.93. The molecule has 4 nitrogen and oxygen atoms in total. The van der Waals surface area contributed by atoms with Gasteiger partial charge < -0.3 is 10.2 Å². The maximum Gasteiger partial charge on any atom is 0.257 e. The number of anilines is 1. The van der Waals surface area contributed by atoms with Crippen LogP contribution in [-0.4, -0.2) is 35.4 Å². The van der Waals surface area contributed by atoms with Crippen LogP contribution in [0.4, 0.5) is 10.2 Å². The molecule has 1 aromatic rings. The zero-order valence-corrected chi connectivity index (χ0v) is 12.2. The summed E-state index contributed by atoms with van der Waals surface area (Å²) in [7, 11) is 0.